The SMILES string of the molecule is Cc1cc(C)c(S(=O)(=O)OC[C@@H]2CC[C@H]2COS(=O)(=O)c2c(C)cc(C)cc2C)c(C)c1. The summed E-state index contributed by atoms with van der Waals surface area (Å²) < 4.78 is 61.9. The summed E-state index contributed by atoms with van der Waals surface area (Å²) in [4.78, 5) is 0.422. The minimum atomic E-state index is -3.89. The molecule has 2 atom stereocenters. The van der Waals surface area contributed by atoms with Crippen molar-refractivity contribution in [3.05, 3.63) is 57.6 Å². The summed E-state index contributed by atoms with van der Waals surface area (Å²) in [7, 11) is -7.79. The topological polar surface area (TPSA) is 86.7 Å². The van der Waals surface area contributed by atoms with E-state index in [0.717, 1.165) is 24.0 Å². The van der Waals surface area contributed by atoms with Crippen molar-refractivity contribution in [2.45, 2.75) is 64.2 Å². The summed E-state index contributed by atoms with van der Waals surface area (Å²) >= 11 is 0. The van der Waals surface area contributed by atoms with Crippen LogP contribution in [0.2, 0.25) is 0 Å². The molecule has 1 aliphatic carbocycles. The van der Waals surface area contributed by atoms with Gasteiger partial charge in [0.15, 0.2) is 0 Å². The first-order valence-corrected chi connectivity index (χ1v) is 13.6. The molecule has 3 rings (SSSR count). The van der Waals surface area contributed by atoms with Crippen LogP contribution in [0.1, 0.15) is 46.2 Å². The summed E-state index contributed by atoms with van der Waals surface area (Å²) in [5.74, 6) is -0.127. The summed E-state index contributed by atoms with van der Waals surface area (Å²) in [6.07, 6.45) is 1.55. The molecule has 1 saturated carbocycles. The number of hydrogen-bond acceptors (Lipinski definition) is 6. The second kappa shape index (κ2) is 9.25. The minimum absolute atomic E-state index is 0.0196. The lowest BCUT2D eigenvalue weighted by Gasteiger charge is -2.35. The van der Waals surface area contributed by atoms with Gasteiger partial charge in [-0.1, -0.05) is 35.4 Å². The third-order valence-corrected chi connectivity index (χ3v) is 9.34. The van der Waals surface area contributed by atoms with E-state index >= 15 is 0 Å². The van der Waals surface area contributed by atoms with E-state index < -0.39 is 20.2 Å². The van der Waals surface area contributed by atoms with Crippen molar-refractivity contribution in [1.29, 1.82) is 0 Å². The highest BCUT2D eigenvalue weighted by Gasteiger charge is 2.35. The van der Waals surface area contributed by atoms with Crippen LogP contribution in [0, 0.1) is 53.4 Å². The van der Waals surface area contributed by atoms with Crippen LogP contribution in [-0.4, -0.2) is 30.0 Å². The van der Waals surface area contributed by atoms with Crippen LogP contribution in [0.15, 0.2) is 34.1 Å². The van der Waals surface area contributed by atoms with E-state index in [1.54, 1.807) is 27.7 Å². The Bertz CT molecular complexity index is 1090. The van der Waals surface area contributed by atoms with E-state index in [9.17, 15) is 16.8 Å². The average Bonchev–Trinajstić information content (AvgIpc) is 2.58. The van der Waals surface area contributed by atoms with Gasteiger partial charge in [0.25, 0.3) is 20.2 Å². The number of hydrogen-bond donors (Lipinski definition) is 0. The molecule has 0 amide bonds. The predicted molar refractivity (Wildman–Crippen MR) is 124 cm³/mol. The zero-order valence-electron chi connectivity index (χ0n) is 19.6. The molecule has 0 spiro atoms. The second-order valence-electron chi connectivity index (χ2n) is 9.03. The van der Waals surface area contributed by atoms with E-state index in [-0.39, 0.29) is 34.8 Å². The number of benzene rings is 2. The Balaban J connectivity index is 1.64. The maximum Gasteiger partial charge on any atom is 0.297 e. The highest BCUT2D eigenvalue weighted by Crippen LogP contribution is 2.37. The Hall–Kier alpha value is -1.74. The lowest BCUT2D eigenvalue weighted by molar-refractivity contribution is 0.0669. The number of aryl methyl sites for hydroxylation is 6. The maximum atomic E-state index is 12.8. The molecule has 0 aromatic heterocycles. The van der Waals surface area contributed by atoms with Crippen molar-refractivity contribution < 1.29 is 25.2 Å². The molecule has 1 fully saturated rings. The number of rotatable bonds is 8. The molecular weight excluding hydrogens is 448 g/mol. The average molecular weight is 481 g/mol. The molecular formula is C24H32O6S2. The molecule has 0 radical (unpaired) electrons. The van der Waals surface area contributed by atoms with Gasteiger partial charge in [0.1, 0.15) is 0 Å². The summed E-state index contributed by atoms with van der Waals surface area (Å²) in [5, 5.41) is 0. The van der Waals surface area contributed by atoms with Crippen LogP contribution >= 0.6 is 0 Å². The Morgan fingerprint density at radius 3 is 1.16 bits per heavy atom. The van der Waals surface area contributed by atoms with Gasteiger partial charge in [0.2, 0.25) is 0 Å². The summed E-state index contributed by atoms with van der Waals surface area (Å²) in [6.45, 7) is 10.9. The highest BCUT2D eigenvalue weighted by molar-refractivity contribution is 7.87. The van der Waals surface area contributed by atoms with Gasteiger partial charge in [0.05, 0.1) is 23.0 Å². The van der Waals surface area contributed by atoms with Crippen LogP contribution in [0.4, 0.5) is 0 Å². The van der Waals surface area contributed by atoms with Crippen LogP contribution in [0.25, 0.3) is 0 Å². The van der Waals surface area contributed by atoms with Crippen LogP contribution in [0.3, 0.4) is 0 Å². The molecule has 1 aliphatic rings. The second-order valence-corrected chi connectivity index (χ2v) is 12.1. The van der Waals surface area contributed by atoms with E-state index in [4.69, 9.17) is 8.37 Å². The molecule has 0 heterocycles. The third kappa shape index (κ3) is 5.25. The molecule has 32 heavy (non-hydrogen) atoms. The van der Waals surface area contributed by atoms with Gasteiger partial charge in [0, 0.05) is 0 Å². The van der Waals surface area contributed by atoms with E-state index in [1.165, 1.54) is 0 Å². The van der Waals surface area contributed by atoms with Crippen molar-refractivity contribution in [1.82, 2.24) is 0 Å². The molecule has 0 N–H and O–H groups in total. The Labute approximate surface area is 192 Å². The Kier molecular flexibility index (Phi) is 7.20. The predicted octanol–water partition coefficient (Wildman–Crippen LogP) is 4.67. The third-order valence-electron chi connectivity index (χ3n) is 6.16. The van der Waals surface area contributed by atoms with Gasteiger partial charge in [-0.05, 0) is 88.5 Å². The first-order valence-electron chi connectivity index (χ1n) is 10.8. The monoisotopic (exact) mass is 480 g/mol. The molecule has 176 valence electrons. The largest absolute Gasteiger partial charge is 0.297 e. The van der Waals surface area contributed by atoms with Gasteiger partial charge in [-0.15, -0.1) is 0 Å². The van der Waals surface area contributed by atoms with Crippen molar-refractivity contribution in [2.75, 3.05) is 13.2 Å². The van der Waals surface area contributed by atoms with Gasteiger partial charge in [-0.2, -0.15) is 16.8 Å². The molecule has 0 saturated heterocycles. The Morgan fingerprint density at radius 2 is 0.906 bits per heavy atom. The fourth-order valence-corrected chi connectivity index (χ4v) is 7.43. The molecule has 2 aromatic carbocycles. The van der Waals surface area contributed by atoms with Crippen LogP contribution in [-0.2, 0) is 28.6 Å². The van der Waals surface area contributed by atoms with Crippen LogP contribution in [0.5, 0.6) is 0 Å². The van der Waals surface area contributed by atoms with Crippen molar-refractivity contribution >= 4 is 20.2 Å². The zero-order valence-corrected chi connectivity index (χ0v) is 21.2. The molecule has 0 aliphatic heterocycles. The van der Waals surface area contributed by atoms with Crippen LogP contribution < -0.4 is 0 Å². The first kappa shape index (κ1) is 24.9. The standard InChI is InChI=1S/C24H32O6S2/c1-15-9-17(3)23(18(4)10-15)31(25,26)29-13-21-7-8-22(21)14-30-32(27,28)24-19(5)11-16(2)12-20(24)6/h9-12,21-22H,7-8,13-14H2,1-6H3/t21-,22-/m0/s1. The molecule has 2 aromatic rings. The van der Waals surface area contributed by atoms with Crippen molar-refractivity contribution in [3.63, 3.8) is 0 Å². The summed E-state index contributed by atoms with van der Waals surface area (Å²) in [5.41, 5.74) is 4.62. The summed E-state index contributed by atoms with van der Waals surface area (Å²) in [6, 6.07) is 7.29. The van der Waals surface area contributed by atoms with Gasteiger partial charge < -0.3 is 0 Å². The zero-order chi connectivity index (χ0) is 23.8. The van der Waals surface area contributed by atoms with E-state index in [0.29, 0.717) is 22.3 Å². The van der Waals surface area contributed by atoms with Gasteiger partial charge in [-0.25, -0.2) is 0 Å². The fourth-order valence-electron chi connectivity index (χ4n) is 4.67. The van der Waals surface area contributed by atoms with E-state index in [1.807, 2.05) is 38.1 Å². The molecule has 0 bridgehead atoms. The lowest BCUT2D eigenvalue weighted by Crippen LogP contribution is -2.35. The normalized spacial score (nSPS) is 19.1. The van der Waals surface area contributed by atoms with Crippen molar-refractivity contribution in [2.24, 2.45) is 11.8 Å². The molecule has 0 unspecified atom stereocenters. The lowest BCUT2D eigenvalue weighted by atomic mass is 9.75. The molecule has 6 nitrogen and oxygen atoms in total. The fraction of sp³-hybridized carbons (Fsp3) is 0.500. The molecule has 8 heteroatoms. The minimum Gasteiger partial charge on any atom is -0.266 e. The Morgan fingerprint density at radius 1 is 0.625 bits per heavy atom. The maximum absolute atomic E-state index is 12.8. The smallest absolute Gasteiger partial charge is 0.266 e. The van der Waals surface area contributed by atoms with Gasteiger partial charge >= 0.3 is 0 Å². The van der Waals surface area contributed by atoms with E-state index in [2.05, 4.69) is 0 Å². The van der Waals surface area contributed by atoms with Crippen molar-refractivity contribution in [3.8, 4) is 0 Å². The first-order chi connectivity index (χ1) is 14.8. The quantitative estimate of drug-likeness (QED) is 0.510. The highest BCUT2D eigenvalue weighted by atomic mass is 32.2. The van der Waals surface area contributed by atoms with Gasteiger partial charge in [-0.3, -0.25) is 8.37 Å².